The van der Waals surface area contributed by atoms with Gasteiger partial charge in [-0.05, 0) is 0 Å². The minimum absolute atomic E-state index is 0.304. The van der Waals surface area contributed by atoms with E-state index in [1.165, 1.54) is 0 Å². The van der Waals surface area contributed by atoms with Crippen LogP contribution in [0.15, 0.2) is 0 Å². The van der Waals surface area contributed by atoms with E-state index in [2.05, 4.69) is 20.8 Å². The summed E-state index contributed by atoms with van der Waals surface area (Å²) in [5.41, 5.74) is 0. The monoisotopic (exact) mass is 86.0 g/mol. The normalized spacial score (nSPS) is 5.25. The molecule has 0 N–H and O–H groups in total. The van der Waals surface area contributed by atoms with Crippen LogP contribution in [0.1, 0.15) is 0 Å². The first-order valence-corrected chi connectivity index (χ1v) is 2.29. The molecule has 0 heterocycles. The lowest BCUT2D eigenvalue weighted by Crippen LogP contribution is -1.76. The van der Waals surface area contributed by atoms with Crippen molar-refractivity contribution in [2.24, 2.45) is 0 Å². The van der Waals surface area contributed by atoms with Crippen LogP contribution in [0.5, 0.6) is 0 Å². The fourth-order valence-corrected chi connectivity index (χ4v) is 0. The molecule has 0 fully saturated rings. The lowest BCUT2D eigenvalue weighted by atomic mass is 12.0. The van der Waals surface area contributed by atoms with Gasteiger partial charge >= 0.3 is 10.5 Å². The highest BCUT2D eigenvalue weighted by Crippen LogP contribution is 1.28. The Morgan fingerprint density at radius 3 is 2.25 bits per heavy atom. The van der Waals surface area contributed by atoms with Crippen LogP contribution in [-0.2, 0) is 4.12 Å². The van der Waals surface area contributed by atoms with Crippen molar-refractivity contribution in [3.63, 3.8) is 0 Å². The Balaban J connectivity index is 2.30. The van der Waals surface area contributed by atoms with Crippen molar-refractivity contribution in [1.29, 1.82) is 0 Å². The van der Waals surface area contributed by atoms with E-state index in [-0.39, 0.29) is 0 Å². The molecule has 0 unspecified atom stereocenters. The minimum Gasteiger partial charge on any atom is -0.603 e. The standard InChI is InChI=1S/CH2OSi2/c1-4-2-3/h1H2. The third-order valence-electron chi connectivity index (χ3n) is 0.0722. The second-order valence-electron chi connectivity index (χ2n) is 0.246. The van der Waals surface area contributed by atoms with Crippen LogP contribution in [0, 0.1) is 0 Å². The van der Waals surface area contributed by atoms with Gasteiger partial charge in [0.25, 0.3) is 9.38 Å². The number of hydrogen-bond acceptors (Lipinski definition) is 1. The molecule has 0 atom stereocenters. The summed E-state index contributed by atoms with van der Waals surface area (Å²) in [6.07, 6.45) is 3.36. The SMILES string of the molecule is C=[Si]O[Si]. The van der Waals surface area contributed by atoms with E-state index in [0.717, 1.165) is 0 Å². The zero-order valence-electron chi connectivity index (χ0n) is 2.12. The molecule has 0 aliphatic carbocycles. The molecule has 0 bridgehead atoms. The van der Waals surface area contributed by atoms with Crippen LogP contribution in [0.2, 0.25) is 0 Å². The highest BCUT2D eigenvalue weighted by Gasteiger charge is 1.45. The first-order chi connectivity index (χ1) is 1.91. The third kappa shape index (κ3) is 2.10. The Morgan fingerprint density at radius 2 is 2.25 bits per heavy atom. The maximum absolute atomic E-state index is 4.26. The van der Waals surface area contributed by atoms with E-state index >= 15 is 0 Å². The maximum Gasteiger partial charge on any atom is 0.322 e. The molecule has 0 aromatic carbocycles. The number of rotatable bonds is 1. The molecule has 0 amide bonds. The van der Waals surface area contributed by atoms with E-state index in [1.54, 1.807) is 0 Å². The lowest BCUT2D eigenvalue weighted by Gasteiger charge is -1.70. The fraction of sp³-hybridized carbons (Fsp3) is 0. The summed E-state index contributed by atoms with van der Waals surface area (Å²) >= 11 is 0. The largest absolute Gasteiger partial charge is 0.603 e. The van der Waals surface area contributed by atoms with Crippen LogP contribution < -0.4 is 0 Å². The van der Waals surface area contributed by atoms with Gasteiger partial charge in [0, 0.05) is 0 Å². The molecule has 4 radical (unpaired) electrons. The van der Waals surface area contributed by atoms with Crippen molar-refractivity contribution in [3.05, 3.63) is 0 Å². The first-order valence-electron chi connectivity index (χ1n) is 0.762. The Kier molecular flexibility index (Phi) is 3.18. The molecule has 0 saturated carbocycles. The molecular weight excluding hydrogens is 84.2 g/mol. The lowest BCUT2D eigenvalue weighted by molar-refractivity contribution is 0.686. The van der Waals surface area contributed by atoms with Crippen LogP contribution in [0.3, 0.4) is 0 Å². The predicted octanol–water partition coefficient (Wildman–Crippen LogP) is -0.862. The van der Waals surface area contributed by atoms with Crippen molar-refractivity contribution in [2.45, 2.75) is 0 Å². The second kappa shape index (κ2) is 3.10. The van der Waals surface area contributed by atoms with Gasteiger partial charge in [-0.1, -0.05) is 6.17 Å². The third-order valence-corrected chi connectivity index (χ3v) is 0.650. The van der Waals surface area contributed by atoms with Gasteiger partial charge in [-0.3, -0.25) is 0 Å². The van der Waals surface area contributed by atoms with Crippen LogP contribution in [-0.4, -0.2) is 26.0 Å². The molecular formula is CH2OSi2. The van der Waals surface area contributed by atoms with Crippen LogP contribution >= 0.6 is 0 Å². The highest BCUT2D eigenvalue weighted by molar-refractivity contribution is 6.39. The molecule has 3 heteroatoms. The zero-order valence-corrected chi connectivity index (χ0v) is 4.12. The Bertz CT molecular complexity index is 20.0. The Morgan fingerprint density at radius 1 is 2.00 bits per heavy atom. The Hall–Kier alpha value is 0.104. The summed E-state index contributed by atoms with van der Waals surface area (Å²) in [4.78, 5) is 0. The van der Waals surface area contributed by atoms with Gasteiger partial charge in [0.1, 0.15) is 0 Å². The topological polar surface area (TPSA) is 9.23 Å². The first kappa shape index (κ1) is 4.10. The van der Waals surface area contributed by atoms with E-state index in [4.69, 9.17) is 0 Å². The molecule has 0 saturated heterocycles. The molecule has 0 aliphatic heterocycles. The fourth-order valence-electron chi connectivity index (χ4n) is 0. The minimum atomic E-state index is 0.304. The van der Waals surface area contributed by atoms with E-state index < -0.39 is 0 Å². The van der Waals surface area contributed by atoms with Gasteiger partial charge in [0.05, 0.1) is 0 Å². The molecule has 0 aromatic heterocycles. The molecule has 0 aromatic rings. The van der Waals surface area contributed by atoms with Gasteiger partial charge in [0.2, 0.25) is 0 Å². The van der Waals surface area contributed by atoms with Crippen molar-refractivity contribution in [1.82, 2.24) is 0 Å². The zero-order chi connectivity index (χ0) is 3.41. The Labute approximate surface area is 31.1 Å². The predicted molar refractivity (Wildman–Crippen MR) is 19.7 cm³/mol. The van der Waals surface area contributed by atoms with Crippen molar-refractivity contribution >= 4 is 26.0 Å². The summed E-state index contributed by atoms with van der Waals surface area (Å²) in [6.45, 7) is 0. The van der Waals surface area contributed by atoms with Gasteiger partial charge in [-0.25, -0.2) is 0 Å². The average molecular weight is 86.2 g/mol. The summed E-state index contributed by atoms with van der Waals surface area (Å²) in [5.74, 6) is 0. The van der Waals surface area contributed by atoms with E-state index in [9.17, 15) is 0 Å². The van der Waals surface area contributed by atoms with E-state index in [1.807, 2.05) is 0 Å². The van der Waals surface area contributed by atoms with Gasteiger partial charge in [-0.2, -0.15) is 0 Å². The summed E-state index contributed by atoms with van der Waals surface area (Å²) in [6, 6.07) is 0. The van der Waals surface area contributed by atoms with Crippen molar-refractivity contribution < 1.29 is 4.12 Å². The van der Waals surface area contributed by atoms with Gasteiger partial charge < -0.3 is 4.12 Å². The summed E-state index contributed by atoms with van der Waals surface area (Å²) in [7, 11) is 3.04. The van der Waals surface area contributed by atoms with Crippen molar-refractivity contribution in [2.75, 3.05) is 0 Å². The van der Waals surface area contributed by atoms with Crippen LogP contribution in [0.25, 0.3) is 0 Å². The van der Waals surface area contributed by atoms with Gasteiger partial charge in [-0.15, -0.1) is 0 Å². The molecule has 20 valence electrons. The maximum atomic E-state index is 4.26. The van der Waals surface area contributed by atoms with Crippen LogP contribution in [0.4, 0.5) is 0 Å². The smallest absolute Gasteiger partial charge is 0.322 e. The molecule has 0 spiro atoms. The molecule has 0 aliphatic rings. The average Bonchev–Trinajstić information content (AvgIpc) is 1.37. The number of hydrogen-bond donors (Lipinski definition) is 0. The highest BCUT2D eigenvalue weighted by atomic mass is 28.3. The van der Waals surface area contributed by atoms with E-state index in [0.29, 0.717) is 9.38 Å². The van der Waals surface area contributed by atoms with Crippen molar-refractivity contribution in [3.8, 4) is 0 Å². The quantitative estimate of drug-likeness (QED) is 0.377. The summed E-state index contributed by atoms with van der Waals surface area (Å²) in [5, 5.41) is 0. The second-order valence-corrected chi connectivity index (χ2v) is 1.35. The molecule has 1 nitrogen and oxygen atoms in total. The van der Waals surface area contributed by atoms with Gasteiger partial charge in [0.15, 0.2) is 0 Å². The molecule has 4 heavy (non-hydrogen) atoms. The molecule has 0 rings (SSSR count). The summed E-state index contributed by atoms with van der Waals surface area (Å²) < 4.78 is 4.26.